The lowest BCUT2D eigenvalue weighted by Crippen LogP contribution is -2.50. The molecule has 0 atom stereocenters. The Kier molecular flexibility index (Phi) is 9.08. The highest BCUT2D eigenvalue weighted by Crippen LogP contribution is 2.50. The van der Waals surface area contributed by atoms with Crippen LogP contribution in [0.4, 0.5) is 38.5 Å². The molecule has 0 aliphatic carbocycles. The van der Waals surface area contributed by atoms with Crippen molar-refractivity contribution in [3.05, 3.63) is 230 Å². The monoisotopic (exact) mass is 852 g/mol. The summed E-state index contributed by atoms with van der Waals surface area (Å²) in [7, 11) is -2.11. The molecular weight excluding hydrogens is 808 g/mol. The lowest BCUT2D eigenvalue weighted by molar-refractivity contribution is 0.630. The van der Waals surface area contributed by atoms with Gasteiger partial charge in [0.05, 0.1) is 17.1 Å². The predicted octanol–water partition coefficient (Wildman–Crippen LogP) is 16.1. The third kappa shape index (κ3) is 6.20. The van der Waals surface area contributed by atoms with Crippen molar-refractivity contribution in [1.82, 2.24) is 0 Å². The van der Waals surface area contributed by atoms with Crippen molar-refractivity contribution < 1.29 is 4.39 Å². The van der Waals surface area contributed by atoms with Crippen LogP contribution in [0.15, 0.2) is 218 Å². The van der Waals surface area contributed by atoms with Crippen LogP contribution in [0.5, 0.6) is 0 Å². The lowest BCUT2D eigenvalue weighted by atomic mass is 9.91. The van der Waals surface area contributed by atoms with Gasteiger partial charge in [-0.15, -0.1) is 0 Å². The van der Waals surface area contributed by atoms with Gasteiger partial charge in [0.15, 0.2) is 0 Å². The fraction of sp³-hybridized carbons (Fsp3) is 0.0492. The maximum atomic E-state index is 17.6. The SMILES string of the molecule is Cc1ccc(N(c2c(F)cc(-c3ccccc3)cc2-c2ccccc2)c2ccc3ccc4c(N(c5ccccc5)c5cccc6c5[Si](C)(C)c5ccccc5-6)ccc5ccc2c3c54)cc1. The molecule has 1 aliphatic heterocycles. The Morgan fingerprint density at radius 3 is 1.60 bits per heavy atom. The normalized spacial score (nSPS) is 12.7. The minimum absolute atomic E-state index is 0.290. The molecule has 0 saturated carbocycles. The van der Waals surface area contributed by atoms with Crippen molar-refractivity contribution in [1.29, 1.82) is 0 Å². The van der Waals surface area contributed by atoms with E-state index in [0.29, 0.717) is 5.69 Å². The van der Waals surface area contributed by atoms with Crippen molar-refractivity contribution in [2.24, 2.45) is 0 Å². The van der Waals surface area contributed by atoms with Crippen LogP contribution in [-0.4, -0.2) is 8.07 Å². The molecule has 0 saturated heterocycles. The Morgan fingerprint density at radius 2 is 0.938 bits per heavy atom. The lowest BCUT2D eigenvalue weighted by Gasteiger charge is -2.33. The first kappa shape index (κ1) is 38.8. The van der Waals surface area contributed by atoms with Gasteiger partial charge in [-0.3, -0.25) is 0 Å². The van der Waals surface area contributed by atoms with Gasteiger partial charge in [-0.1, -0.05) is 182 Å². The van der Waals surface area contributed by atoms with Crippen molar-refractivity contribution >= 4 is 84.9 Å². The first-order valence-corrected chi connectivity index (χ1v) is 25.5. The smallest absolute Gasteiger partial charge is 0.148 e. The zero-order chi connectivity index (χ0) is 43.8. The average Bonchev–Trinajstić information content (AvgIpc) is 3.59. The molecule has 1 heterocycles. The predicted molar refractivity (Wildman–Crippen MR) is 277 cm³/mol. The van der Waals surface area contributed by atoms with E-state index < -0.39 is 8.07 Å². The zero-order valence-electron chi connectivity index (χ0n) is 36.6. The number of hydrogen-bond donors (Lipinski definition) is 0. The van der Waals surface area contributed by atoms with Crippen molar-refractivity contribution in [2.45, 2.75) is 20.0 Å². The Balaban J connectivity index is 1.12. The van der Waals surface area contributed by atoms with Gasteiger partial charge < -0.3 is 9.80 Å². The number of anilines is 6. The molecule has 0 amide bonds. The van der Waals surface area contributed by atoms with Crippen LogP contribution in [0.2, 0.25) is 13.1 Å². The summed E-state index contributed by atoms with van der Waals surface area (Å²) in [6.07, 6.45) is 0. The van der Waals surface area contributed by atoms with Gasteiger partial charge in [0, 0.05) is 33.4 Å². The number of fused-ring (bicyclic) bond motifs is 3. The topological polar surface area (TPSA) is 6.48 Å². The molecule has 0 fully saturated rings. The number of halogens is 1. The number of hydrogen-bond acceptors (Lipinski definition) is 2. The van der Waals surface area contributed by atoms with Crippen LogP contribution >= 0.6 is 0 Å². The van der Waals surface area contributed by atoms with Crippen LogP contribution in [0.25, 0.3) is 65.7 Å². The van der Waals surface area contributed by atoms with Gasteiger partial charge in [0.25, 0.3) is 0 Å². The number of rotatable bonds is 8. The van der Waals surface area contributed by atoms with Crippen molar-refractivity contribution in [3.8, 4) is 33.4 Å². The summed E-state index contributed by atoms with van der Waals surface area (Å²) in [6, 6.07) is 77.4. The molecule has 2 nitrogen and oxygen atoms in total. The first-order valence-electron chi connectivity index (χ1n) is 22.5. The molecule has 0 unspecified atom stereocenters. The molecule has 0 bridgehead atoms. The third-order valence-corrected chi connectivity index (χ3v) is 17.2. The van der Waals surface area contributed by atoms with E-state index in [1.54, 1.807) is 6.07 Å². The van der Waals surface area contributed by atoms with Crippen LogP contribution in [0.3, 0.4) is 0 Å². The average molecular weight is 853 g/mol. The Labute approximate surface area is 380 Å². The second-order valence-electron chi connectivity index (χ2n) is 17.9. The van der Waals surface area contributed by atoms with E-state index in [0.717, 1.165) is 72.1 Å². The second kappa shape index (κ2) is 15.2. The molecular formula is C61H45FN2Si. The summed E-state index contributed by atoms with van der Waals surface area (Å²) in [5.41, 5.74) is 13.2. The standard InChI is InChI=1S/C61H45FN2Si/c1-40-26-32-47(33-27-40)64(60-52(42-18-9-5-10-19-42)38-45(39-53(60)62)41-16-7-4-8-17-41)55-37-31-44-28-34-50-54(36-30-43-29-35-51(55)59(44)58(43)50)63(46-20-11-6-12-21-46)56-24-15-23-49-48-22-13-14-25-57(48)65(2,3)61(49)56/h4-39H,1-3H3. The number of nitrogens with zero attached hydrogens (tertiary/aromatic N) is 2. The fourth-order valence-corrected chi connectivity index (χ4v) is 14.1. The number of para-hydroxylation sites is 1. The number of benzene rings is 11. The molecule has 0 aromatic heterocycles. The van der Waals surface area contributed by atoms with E-state index >= 15 is 4.39 Å². The van der Waals surface area contributed by atoms with Crippen molar-refractivity contribution in [3.63, 3.8) is 0 Å². The van der Waals surface area contributed by atoms with Gasteiger partial charge in [0.1, 0.15) is 13.9 Å². The molecule has 310 valence electrons. The summed E-state index contributed by atoms with van der Waals surface area (Å²) < 4.78 is 17.6. The third-order valence-electron chi connectivity index (χ3n) is 13.7. The van der Waals surface area contributed by atoms with Gasteiger partial charge in [0.2, 0.25) is 0 Å². The highest BCUT2D eigenvalue weighted by molar-refractivity contribution is 7.04. The Morgan fingerprint density at radius 1 is 0.400 bits per heavy atom. The molecule has 65 heavy (non-hydrogen) atoms. The molecule has 4 heteroatoms. The minimum Gasteiger partial charge on any atom is -0.310 e. The maximum Gasteiger partial charge on any atom is 0.148 e. The molecule has 0 N–H and O–H groups in total. The van der Waals surface area contributed by atoms with Crippen LogP contribution in [0.1, 0.15) is 5.56 Å². The van der Waals surface area contributed by atoms with Gasteiger partial charge in [-0.05, 0) is 121 Å². The second-order valence-corrected chi connectivity index (χ2v) is 22.2. The Bertz CT molecular complexity index is 3590. The van der Waals surface area contributed by atoms with E-state index in [-0.39, 0.29) is 5.82 Å². The largest absolute Gasteiger partial charge is 0.310 e. The molecule has 0 radical (unpaired) electrons. The molecule has 12 rings (SSSR count). The van der Waals surface area contributed by atoms with Crippen LogP contribution in [-0.2, 0) is 0 Å². The zero-order valence-corrected chi connectivity index (χ0v) is 37.6. The van der Waals surface area contributed by atoms with E-state index in [1.807, 2.05) is 48.5 Å². The quantitative estimate of drug-likeness (QED) is 0.111. The molecule has 11 aromatic rings. The Hall–Kier alpha value is -7.79. The van der Waals surface area contributed by atoms with Crippen molar-refractivity contribution in [2.75, 3.05) is 9.80 Å². The minimum atomic E-state index is -2.11. The summed E-state index contributed by atoms with van der Waals surface area (Å²) in [5, 5.41) is 9.82. The summed E-state index contributed by atoms with van der Waals surface area (Å²) in [4.78, 5) is 4.65. The van der Waals surface area contributed by atoms with Gasteiger partial charge in [-0.2, -0.15) is 0 Å². The van der Waals surface area contributed by atoms with Crippen LogP contribution in [0, 0.1) is 12.7 Å². The number of aryl methyl sites for hydroxylation is 1. The summed E-state index contributed by atoms with van der Waals surface area (Å²) in [6.45, 7) is 7.09. The molecule has 11 aromatic carbocycles. The highest BCUT2D eigenvalue weighted by Gasteiger charge is 2.40. The first-order chi connectivity index (χ1) is 31.8. The molecule has 1 aliphatic rings. The summed E-state index contributed by atoms with van der Waals surface area (Å²) >= 11 is 0. The van der Waals surface area contributed by atoms with E-state index in [1.165, 1.54) is 38.0 Å². The highest BCUT2D eigenvalue weighted by atomic mass is 28.3. The van der Waals surface area contributed by atoms with Crippen LogP contribution < -0.4 is 20.2 Å². The van der Waals surface area contributed by atoms with E-state index in [2.05, 4.69) is 194 Å². The fourth-order valence-electron chi connectivity index (χ4n) is 10.7. The van der Waals surface area contributed by atoms with Gasteiger partial charge in [-0.25, -0.2) is 4.39 Å². The maximum absolute atomic E-state index is 17.6. The summed E-state index contributed by atoms with van der Waals surface area (Å²) in [5.74, 6) is -0.290. The van der Waals surface area contributed by atoms with E-state index in [9.17, 15) is 0 Å². The van der Waals surface area contributed by atoms with Gasteiger partial charge >= 0.3 is 0 Å². The van der Waals surface area contributed by atoms with E-state index in [4.69, 9.17) is 0 Å². The molecule has 0 spiro atoms.